The van der Waals surface area contributed by atoms with Gasteiger partial charge in [0.25, 0.3) is 0 Å². The number of morpholine rings is 1. The maximum atomic E-state index is 11.1. The zero-order chi connectivity index (χ0) is 12.0. The number of nitrogens with two attached hydrogens (primary N) is 1. The Kier molecular flexibility index (Phi) is 5.21. The van der Waals surface area contributed by atoms with Gasteiger partial charge in [0.2, 0.25) is 5.91 Å². The van der Waals surface area contributed by atoms with Gasteiger partial charge in [-0.05, 0) is 13.0 Å². The molecule has 2 N–H and O–H groups in total. The second kappa shape index (κ2) is 6.44. The molecule has 1 heterocycles. The first-order valence-corrected chi connectivity index (χ1v) is 5.33. The van der Waals surface area contributed by atoms with E-state index < -0.39 is 0 Å². The van der Waals surface area contributed by atoms with Gasteiger partial charge in [0.15, 0.2) is 0 Å². The van der Waals surface area contributed by atoms with Crippen LogP contribution in [0.25, 0.3) is 0 Å². The third kappa shape index (κ3) is 3.79. The number of primary amides is 1. The van der Waals surface area contributed by atoms with E-state index in [0.717, 1.165) is 0 Å². The molecule has 1 amide bonds. The topological polar surface area (TPSA) is 81.9 Å². The SMILES string of the molecule is COC(=O)CCCN1CCOCC1C(N)=O. The van der Waals surface area contributed by atoms with Crippen LogP contribution in [0.1, 0.15) is 12.8 Å². The maximum absolute atomic E-state index is 11.1. The third-order valence-electron chi connectivity index (χ3n) is 2.62. The van der Waals surface area contributed by atoms with Crippen LogP contribution in [0.2, 0.25) is 0 Å². The zero-order valence-corrected chi connectivity index (χ0v) is 9.48. The van der Waals surface area contributed by atoms with Gasteiger partial charge in [0.05, 0.1) is 20.3 Å². The van der Waals surface area contributed by atoms with Crippen molar-refractivity contribution in [2.75, 3.05) is 33.4 Å². The summed E-state index contributed by atoms with van der Waals surface area (Å²) in [5.41, 5.74) is 5.26. The zero-order valence-electron chi connectivity index (χ0n) is 9.48. The molecule has 1 aliphatic heterocycles. The molecule has 0 aliphatic carbocycles. The van der Waals surface area contributed by atoms with Crippen molar-refractivity contribution < 1.29 is 19.1 Å². The molecule has 0 saturated carbocycles. The average Bonchev–Trinajstić information content (AvgIpc) is 2.29. The van der Waals surface area contributed by atoms with Crippen molar-refractivity contribution in [1.82, 2.24) is 4.90 Å². The molecule has 1 saturated heterocycles. The van der Waals surface area contributed by atoms with Gasteiger partial charge < -0.3 is 15.2 Å². The van der Waals surface area contributed by atoms with Crippen LogP contribution in [-0.2, 0) is 19.1 Å². The smallest absolute Gasteiger partial charge is 0.305 e. The molecule has 16 heavy (non-hydrogen) atoms. The lowest BCUT2D eigenvalue weighted by Gasteiger charge is -2.33. The van der Waals surface area contributed by atoms with Gasteiger partial charge in [-0.2, -0.15) is 0 Å². The Labute approximate surface area is 94.7 Å². The summed E-state index contributed by atoms with van der Waals surface area (Å²) in [7, 11) is 1.36. The average molecular weight is 230 g/mol. The number of esters is 1. The van der Waals surface area contributed by atoms with Crippen LogP contribution in [0, 0.1) is 0 Å². The molecule has 1 unspecified atom stereocenters. The lowest BCUT2D eigenvalue weighted by Crippen LogP contribution is -2.52. The van der Waals surface area contributed by atoms with Crippen molar-refractivity contribution in [3.05, 3.63) is 0 Å². The van der Waals surface area contributed by atoms with Gasteiger partial charge in [0, 0.05) is 13.0 Å². The van der Waals surface area contributed by atoms with Crippen molar-refractivity contribution in [1.29, 1.82) is 0 Å². The van der Waals surface area contributed by atoms with Crippen molar-refractivity contribution in [2.45, 2.75) is 18.9 Å². The predicted molar refractivity (Wildman–Crippen MR) is 56.6 cm³/mol. The minimum Gasteiger partial charge on any atom is -0.469 e. The number of hydrogen-bond acceptors (Lipinski definition) is 5. The Morgan fingerprint density at radius 2 is 2.31 bits per heavy atom. The van der Waals surface area contributed by atoms with Gasteiger partial charge >= 0.3 is 5.97 Å². The molecule has 0 aromatic carbocycles. The fourth-order valence-electron chi connectivity index (χ4n) is 1.70. The normalized spacial score (nSPS) is 21.7. The molecule has 92 valence electrons. The summed E-state index contributed by atoms with van der Waals surface area (Å²) in [5, 5.41) is 0. The van der Waals surface area contributed by atoms with Crippen LogP contribution in [-0.4, -0.2) is 56.2 Å². The standard InChI is InChI=1S/C10H18N2O4/c1-15-9(13)3-2-4-12-5-6-16-7-8(12)10(11)14/h8H,2-7H2,1H3,(H2,11,14). The van der Waals surface area contributed by atoms with Crippen LogP contribution in [0.15, 0.2) is 0 Å². The van der Waals surface area contributed by atoms with Crippen molar-refractivity contribution in [3.8, 4) is 0 Å². The Morgan fingerprint density at radius 1 is 1.56 bits per heavy atom. The predicted octanol–water partition coefficient (Wildman–Crippen LogP) is -0.874. The maximum Gasteiger partial charge on any atom is 0.305 e. The number of hydrogen-bond donors (Lipinski definition) is 1. The van der Waals surface area contributed by atoms with Crippen molar-refractivity contribution in [3.63, 3.8) is 0 Å². The van der Waals surface area contributed by atoms with Crippen LogP contribution < -0.4 is 5.73 Å². The Hall–Kier alpha value is -1.14. The van der Waals surface area contributed by atoms with Crippen molar-refractivity contribution >= 4 is 11.9 Å². The molecular formula is C10H18N2O4. The van der Waals surface area contributed by atoms with Gasteiger partial charge in [0.1, 0.15) is 6.04 Å². The molecule has 6 heteroatoms. The fraction of sp³-hybridized carbons (Fsp3) is 0.800. The van der Waals surface area contributed by atoms with E-state index in [4.69, 9.17) is 10.5 Å². The Morgan fingerprint density at radius 3 is 2.94 bits per heavy atom. The number of nitrogens with zero attached hydrogens (tertiary/aromatic N) is 1. The number of methoxy groups -OCH3 is 1. The summed E-state index contributed by atoms with van der Waals surface area (Å²) >= 11 is 0. The van der Waals surface area contributed by atoms with E-state index in [-0.39, 0.29) is 17.9 Å². The summed E-state index contributed by atoms with van der Waals surface area (Å²) in [6, 6.07) is -0.369. The second-order valence-electron chi connectivity index (χ2n) is 3.71. The number of rotatable bonds is 5. The minimum absolute atomic E-state index is 0.233. The largest absolute Gasteiger partial charge is 0.469 e. The summed E-state index contributed by atoms with van der Waals surface area (Å²) in [6.07, 6.45) is 1.02. The lowest BCUT2D eigenvalue weighted by molar-refractivity contribution is -0.140. The van der Waals surface area contributed by atoms with E-state index in [1.54, 1.807) is 0 Å². The van der Waals surface area contributed by atoms with Crippen LogP contribution >= 0.6 is 0 Å². The van der Waals surface area contributed by atoms with Crippen LogP contribution in [0.4, 0.5) is 0 Å². The number of carbonyl (C=O) groups excluding carboxylic acids is 2. The molecule has 1 rings (SSSR count). The highest BCUT2D eigenvalue weighted by Gasteiger charge is 2.27. The van der Waals surface area contributed by atoms with E-state index in [1.165, 1.54) is 7.11 Å². The first-order valence-electron chi connectivity index (χ1n) is 5.33. The molecule has 0 spiro atoms. The second-order valence-corrected chi connectivity index (χ2v) is 3.71. The molecule has 0 aromatic heterocycles. The third-order valence-corrected chi connectivity index (χ3v) is 2.62. The molecule has 6 nitrogen and oxygen atoms in total. The van der Waals surface area contributed by atoms with Gasteiger partial charge in [-0.3, -0.25) is 14.5 Å². The molecule has 1 atom stereocenters. The first-order chi connectivity index (χ1) is 7.65. The highest BCUT2D eigenvalue weighted by atomic mass is 16.5. The molecule has 1 fully saturated rings. The quantitative estimate of drug-likeness (QED) is 0.621. The van der Waals surface area contributed by atoms with Crippen molar-refractivity contribution in [2.24, 2.45) is 5.73 Å². The van der Waals surface area contributed by atoms with Gasteiger partial charge in [-0.15, -0.1) is 0 Å². The van der Waals surface area contributed by atoms with Crippen LogP contribution in [0.3, 0.4) is 0 Å². The van der Waals surface area contributed by atoms with E-state index in [0.29, 0.717) is 39.1 Å². The molecule has 0 aromatic rings. The summed E-state index contributed by atoms with van der Waals surface area (Å²) in [6.45, 7) is 2.27. The molecule has 1 aliphatic rings. The lowest BCUT2D eigenvalue weighted by atomic mass is 10.2. The van der Waals surface area contributed by atoms with Crippen LogP contribution in [0.5, 0.6) is 0 Å². The number of ether oxygens (including phenoxy) is 2. The van der Waals surface area contributed by atoms with Gasteiger partial charge in [-0.1, -0.05) is 0 Å². The molecule has 0 bridgehead atoms. The fourth-order valence-corrected chi connectivity index (χ4v) is 1.70. The Bertz CT molecular complexity index is 257. The first kappa shape index (κ1) is 12.9. The van der Waals surface area contributed by atoms with E-state index in [1.807, 2.05) is 4.90 Å². The number of amides is 1. The van der Waals surface area contributed by atoms with E-state index >= 15 is 0 Å². The summed E-state index contributed by atoms with van der Waals surface area (Å²) < 4.78 is 9.73. The molecular weight excluding hydrogens is 212 g/mol. The Balaban J connectivity index is 2.32. The highest BCUT2D eigenvalue weighted by molar-refractivity contribution is 5.80. The summed E-state index contributed by atoms with van der Waals surface area (Å²) in [4.78, 5) is 24.0. The number of carbonyl (C=O) groups is 2. The summed E-state index contributed by atoms with van der Waals surface area (Å²) in [5.74, 6) is -0.610. The van der Waals surface area contributed by atoms with Gasteiger partial charge in [-0.25, -0.2) is 0 Å². The molecule has 0 radical (unpaired) electrons. The van der Waals surface area contributed by atoms with E-state index in [9.17, 15) is 9.59 Å². The minimum atomic E-state index is -0.377. The van der Waals surface area contributed by atoms with E-state index in [2.05, 4.69) is 4.74 Å². The highest BCUT2D eigenvalue weighted by Crippen LogP contribution is 2.08. The monoisotopic (exact) mass is 230 g/mol.